The van der Waals surface area contributed by atoms with Gasteiger partial charge in [-0.25, -0.2) is 4.39 Å². The van der Waals surface area contributed by atoms with Crippen LogP contribution in [0.5, 0.6) is 0 Å². The minimum absolute atomic E-state index is 0.0393. The first-order valence-corrected chi connectivity index (χ1v) is 8.14. The molecule has 1 amide bonds. The molecular weight excluding hydrogens is 319 g/mol. The summed E-state index contributed by atoms with van der Waals surface area (Å²) in [7, 11) is 0. The molecule has 0 aliphatic carbocycles. The second-order valence-corrected chi connectivity index (χ2v) is 5.98. The van der Waals surface area contributed by atoms with Gasteiger partial charge in [0.05, 0.1) is 6.20 Å². The normalized spacial score (nSPS) is 11.9. The zero-order valence-electron chi connectivity index (χ0n) is 13.9. The molecule has 0 fully saturated rings. The summed E-state index contributed by atoms with van der Waals surface area (Å²) in [6.45, 7) is 2.45. The first kappa shape index (κ1) is 16.9. The third-order valence-electron chi connectivity index (χ3n) is 4.06. The monoisotopic (exact) mass is 338 g/mol. The summed E-state index contributed by atoms with van der Waals surface area (Å²) >= 11 is 0. The highest BCUT2D eigenvalue weighted by molar-refractivity contribution is 5.77. The Bertz CT molecular complexity index is 828. The molecule has 0 bridgehead atoms. The summed E-state index contributed by atoms with van der Waals surface area (Å²) in [6, 6.07) is 15.8. The molecule has 5 heteroatoms. The molecule has 1 atom stereocenters. The molecule has 128 valence electrons. The van der Waals surface area contributed by atoms with Gasteiger partial charge in [-0.1, -0.05) is 42.4 Å². The highest BCUT2D eigenvalue weighted by Gasteiger charge is 2.19. The fraction of sp³-hybridized carbons (Fsp3) is 0.200. The fourth-order valence-corrected chi connectivity index (χ4v) is 2.68. The van der Waals surface area contributed by atoms with E-state index in [1.165, 1.54) is 12.1 Å². The molecule has 25 heavy (non-hydrogen) atoms. The van der Waals surface area contributed by atoms with Gasteiger partial charge in [0.2, 0.25) is 5.91 Å². The highest BCUT2D eigenvalue weighted by Crippen LogP contribution is 2.31. The quantitative estimate of drug-likeness (QED) is 0.729. The van der Waals surface area contributed by atoms with E-state index in [1.807, 2.05) is 37.3 Å². The van der Waals surface area contributed by atoms with Gasteiger partial charge in [-0.15, -0.1) is 0 Å². The summed E-state index contributed by atoms with van der Waals surface area (Å²) in [5.74, 6) is 0.159. The Morgan fingerprint density at radius 3 is 2.60 bits per heavy atom. The third kappa shape index (κ3) is 4.32. The standard InChI is InChI=1S/C20H19FN2O2/c1-14(11-19(24)22-12-15-5-3-2-4-6-15)18-13-23-25-20(18)16-7-9-17(21)10-8-16/h2-10,13-14H,11-12H2,1H3,(H,22,24). The predicted octanol–water partition coefficient (Wildman–Crippen LogP) is 4.29. The minimum atomic E-state index is -0.307. The van der Waals surface area contributed by atoms with Crippen molar-refractivity contribution in [1.29, 1.82) is 0 Å². The number of nitrogens with zero attached hydrogens (tertiary/aromatic N) is 1. The molecule has 1 aromatic heterocycles. The van der Waals surface area contributed by atoms with Crippen molar-refractivity contribution in [2.24, 2.45) is 0 Å². The maximum absolute atomic E-state index is 13.1. The van der Waals surface area contributed by atoms with Crippen LogP contribution in [0.15, 0.2) is 65.3 Å². The second kappa shape index (κ2) is 7.75. The summed E-state index contributed by atoms with van der Waals surface area (Å²) in [5.41, 5.74) is 2.63. The van der Waals surface area contributed by atoms with E-state index in [-0.39, 0.29) is 17.6 Å². The summed E-state index contributed by atoms with van der Waals surface area (Å²) in [6.07, 6.45) is 1.94. The SMILES string of the molecule is CC(CC(=O)NCc1ccccc1)c1cnoc1-c1ccc(F)cc1. The fourth-order valence-electron chi connectivity index (χ4n) is 2.68. The van der Waals surface area contributed by atoms with Crippen molar-refractivity contribution < 1.29 is 13.7 Å². The van der Waals surface area contributed by atoms with E-state index in [4.69, 9.17) is 4.52 Å². The van der Waals surface area contributed by atoms with Gasteiger partial charge in [0.15, 0.2) is 5.76 Å². The highest BCUT2D eigenvalue weighted by atomic mass is 19.1. The molecule has 0 spiro atoms. The Labute approximate surface area is 145 Å². The van der Waals surface area contributed by atoms with Crippen LogP contribution in [-0.2, 0) is 11.3 Å². The number of halogens is 1. The van der Waals surface area contributed by atoms with Gasteiger partial charge in [0, 0.05) is 24.1 Å². The topological polar surface area (TPSA) is 55.1 Å². The van der Waals surface area contributed by atoms with E-state index in [2.05, 4.69) is 10.5 Å². The summed E-state index contributed by atoms with van der Waals surface area (Å²) in [5, 5.41) is 6.76. The minimum Gasteiger partial charge on any atom is -0.356 e. The molecule has 0 aliphatic heterocycles. The van der Waals surface area contributed by atoms with Gasteiger partial charge in [0.1, 0.15) is 5.82 Å². The molecule has 0 aliphatic rings. The number of rotatable bonds is 6. The van der Waals surface area contributed by atoms with Gasteiger partial charge in [-0.05, 0) is 35.7 Å². The number of aromatic nitrogens is 1. The Balaban J connectivity index is 1.63. The Kier molecular flexibility index (Phi) is 5.23. The van der Waals surface area contributed by atoms with Gasteiger partial charge in [-0.3, -0.25) is 4.79 Å². The molecule has 1 N–H and O–H groups in total. The van der Waals surface area contributed by atoms with E-state index in [1.54, 1.807) is 18.3 Å². The van der Waals surface area contributed by atoms with E-state index >= 15 is 0 Å². The first-order valence-electron chi connectivity index (χ1n) is 8.14. The maximum atomic E-state index is 13.1. The van der Waals surface area contributed by atoms with Gasteiger partial charge in [0.25, 0.3) is 0 Å². The van der Waals surface area contributed by atoms with Crippen molar-refractivity contribution in [1.82, 2.24) is 10.5 Å². The molecular formula is C20H19FN2O2. The number of nitrogens with one attached hydrogen (secondary N) is 1. The summed E-state index contributed by atoms with van der Waals surface area (Å²) < 4.78 is 18.4. The lowest BCUT2D eigenvalue weighted by atomic mass is 9.95. The van der Waals surface area contributed by atoms with Crippen LogP contribution in [0.25, 0.3) is 11.3 Å². The molecule has 3 rings (SSSR count). The molecule has 2 aromatic carbocycles. The Morgan fingerprint density at radius 1 is 1.16 bits per heavy atom. The van der Waals surface area contributed by atoms with E-state index in [0.29, 0.717) is 18.7 Å². The van der Waals surface area contributed by atoms with Crippen LogP contribution in [0, 0.1) is 5.82 Å². The lowest BCUT2D eigenvalue weighted by Gasteiger charge is -2.11. The maximum Gasteiger partial charge on any atom is 0.220 e. The van der Waals surface area contributed by atoms with Crippen molar-refractivity contribution >= 4 is 5.91 Å². The van der Waals surface area contributed by atoms with Crippen molar-refractivity contribution in [3.8, 4) is 11.3 Å². The van der Waals surface area contributed by atoms with Crippen molar-refractivity contribution in [3.05, 3.63) is 77.7 Å². The van der Waals surface area contributed by atoms with Crippen LogP contribution >= 0.6 is 0 Å². The van der Waals surface area contributed by atoms with Crippen molar-refractivity contribution in [2.75, 3.05) is 0 Å². The van der Waals surface area contributed by atoms with Crippen LogP contribution in [0.4, 0.5) is 4.39 Å². The van der Waals surface area contributed by atoms with Crippen molar-refractivity contribution in [3.63, 3.8) is 0 Å². The average molecular weight is 338 g/mol. The zero-order chi connectivity index (χ0) is 17.6. The molecule has 3 aromatic rings. The van der Waals surface area contributed by atoms with Crippen LogP contribution in [0.1, 0.15) is 30.4 Å². The third-order valence-corrected chi connectivity index (χ3v) is 4.06. The smallest absolute Gasteiger partial charge is 0.220 e. The van der Waals surface area contributed by atoms with Crippen LogP contribution in [0.3, 0.4) is 0 Å². The number of amides is 1. The molecule has 1 heterocycles. The van der Waals surface area contributed by atoms with Crippen LogP contribution in [-0.4, -0.2) is 11.1 Å². The predicted molar refractivity (Wildman–Crippen MR) is 93.2 cm³/mol. The molecule has 0 radical (unpaired) electrons. The number of hydrogen-bond donors (Lipinski definition) is 1. The Hall–Kier alpha value is -2.95. The average Bonchev–Trinajstić information content (AvgIpc) is 3.11. The molecule has 4 nitrogen and oxygen atoms in total. The number of carbonyl (C=O) groups is 1. The number of benzene rings is 2. The number of hydrogen-bond acceptors (Lipinski definition) is 3. The molecule has 1 unspecified atom stereocenters. The van der Waals surface area contributed by atoms with Crippen LogP contribution in [0.2, 0.25) is 0 Å². The molecule has 0 saturated carbocycles. The van der Waals surface area contributed by atoms with E-state index in [9.17, 15) is 9.18 Å². The summed E-state index contributed by atoms with van der Waals surface area (Å²) in [4.78, 5) is 12.2. The molecule has 0 saturated heterocycles. The first-order chi connectivity index (χ1) is 12.1. The van der Waals surface area contributed by atoms with Crippen molar-refractivity contribution in [2.45, 2.75) is 25.8 Å². The second-order valence-electron chi connectivity index (χ2n) is 5.98. The Morgan fingerprint density at radius 2 is 1.88 bits per heavy atom. The van der Waals surface area contributed by atoms with Gasteiger partial charge in [-0.2, -0.15) is 0 Å². The zero-order valence-corrected chi connectivity index (χ0v) is 13.9. The lowest BCUT2D eigenvalue weighted by Crippen LogP contribution is -2.24. The van der Waals surface area contributed by atoms with Crippen LogP contribution < -0.4 is 5.32 Å². The van der Waals surface area contributed by atoms with E-state index < -0.39 is 0 Å². The van der Waals surface area contributed by atoms with Gasteiger partial charge >= 0.3 is 0 Å². The number of carbonyl (C=O) groups excluding carboxylic acids is 1. The van der Waals surface area contributed by atoms with E-state index in [0.717, 1.165) is 16.7 Å². The lowest BCUT2D eigenvalue weighted by molar-refractivity contribution is -0.121. The largest absolute Gasteiger partial charge is 0.356 e. The van der Waals surface area contributed by atoms with Gasteiger partial charge < -0.3 is 9.84 Å².